The molecule has 0 aliphatic carbocycles. The Morgan fingerprint density at radius 2 is 1.90 bits per heavy atom. The van der Waals surface area contributed by atoms with Gasteiger partial charge in [-0.05, 0) is 30.6 Å². The Labute approximate surface area is 121 Å². The van der Waals surface area contributed by atoms with Crippen molar-refractivity contribution in [2.45, 2.75) is 40.0 Å². The van der Waals surface area contributed by atoms with Crippen molar-refractivity contribution in [2.75, 3.05) is 7.11 Å². The van der Waals surface area contributed by atoms with E-state index in [1.54, 1.807) is 12.1 Å². The number of hydrogen-bond acceptors (Lipinski definition) is 3. The van der Waals surface area contributed by atoms with Crippen LogP contribution in [0.15, 0.2) is 18.2 Å². The largest absolute Gasteiger partial charge is 0.465 e. The van der Waals surface area contributed by atoms with E-state index in [0.29, 0.717) is 5.56 Å². The average molecular weight is 297 g/mol. The van der Waals surface area contributed by atoms with Gasteiger partial charge < -0.3 is 9.16 Å². The van der Waals surface area contributed by atoms with Crippen LogP contribution in [0.25, 0.3) is 0 Å². The molecule has 0 saturated carbocycles. The molecule has 0 amide bonds. The highest BCUT2D eigenvalue weighted by Gasteiger charge is 2.30. The molecule has 3 nitrogen and oxygen atoms in total. The van der Waals surface area contributed by atoms with Gasteiger partial charge in [0, 0.05) is 5.56 Å². The maximum absolute atomic E-state index is 14.3. The first-order valence-electron chi connectivity index (χ1n) is 6.51. The minimum atomic E-state index is -0.968. The second kappa shape index (κ2) is 6.50. The molecule has 1 aromatic rings. The lowest BCUT2D eigenvalue weighted by molar-refractivity contribution is 0.0599. The van der Waals surface area contributed by atoms with Gasteiger partial charge in [-0.25, -0.2) is 9.18 Å². The summed E-state index contributed by atoms with van der Waals surface area (Å²) in [6.45, 7) is 10.1. The fourth-order valence-corrected chi connectivity index (χ4v) is 2.88. The van der Waals surface area contributed by atoms with Gasteiger partial charge in [-0.15, -0.1) is 0 Å². The normalized spacial score (nSPS) is 13.4. The Balaban J connectivity index is 3.18. The molecule has 1 radical (unpaired) electrons. The minimum Gasteiger partial charge on any atom is -0.465 e. The molecule has 0 bridgehead atoms. The summed E-state index contributed by atoms with van der Waals surface area (Å²) < 4.78 is 24.8. The van der Waals surface area contributed by atoms with Gasteiger partial charge in [0.1, 0.15) is 5.82 Å². The van der Waals surface area contributed by atoms with Crippen LogP contribution in [-0.4, -0.2) is 22.1 Å². The molecule has 0 aliphatic heterocycles. The molecule has 0 aromatic heterocycles. The van der Waals surface area contributed by atoms with Gasteiger partial charge >= 0.3 is 5.97 Å². The number of methoxy groups -OCH3 is 1. The van der Waals surface area contributed by atoms with Crippen LogP contribution in [0.1, 0.15) is 42.8 Å². The van der Waals surface area contributed by atoms with E-state index < -0.39 is 20.8 Å². The zero-order chi connectivity index (χ0) is 15.5. The molecule has 20 heavy (non-hydrogen) atoms. The highest BCUT2D eigenvalue weighted by molar-refractivity contribution is 6.48. The predicted molar refractivity (Wildman–Crippen MR) is 78.5 cm³/mol. The van der Waals surface area contributed by atoms with Gasteiger partial charge in [0.2, 0.25) is 9.04 Å². The van der Waals surface area contributed by atoms with Gasteiger partial charge in [0.25, 0.3) is 0 Å². The van der Waals surface area contributed by atoms with Gasteiger partial charge in [-0.1, -0.05) is 26.8 Å². The third-order valence-electron chi connectivity index (χ3n) is 2.84. The molecular formula is C15H22FO3Si. The van der Waals surface area contributed by atoms with E-state index >= 15 is 0 Å². The summed E-state index contributed by atoms with van der Waals surface area (Å²) in [6, 6.07) is 4.40. The van der Waals surface area contributed by atoms with Crippen LogP contribution in [0.2, 0.25) is 13.1 Å². The van der Waals surface area contributed by atoms with Crippen LogP contribution in [0, 0.1) is 11.2 Å². The molecule has 0 spiro atoms. The van der Waals surface area contributed by atoms with Crippen molar-refractivity contribution in [3.8, 4) is 0 Å². The van der Waals surface area contributed by atoms with Crippen molar-refractivity contribution >= 4 is 15.0 Å². The van der Waals surface area contributed by atoms with Crippen LogP contribution >= 0.6 is 0 Å². The van der Waals surface area contributed by atoms with Crippen LogP contribution in [0.5, 0.6) is 0 Å². The van der Waals surface area contributed by atoms with E-state index in [9.17, 15) is 9.18 Å². The second-order valence-electron chi connectivity index (χ2n) is 6.00. The van der Waals surface area contributed by atoms with E-state index in [0.717, 1.165) is 0 Å². The fraction of sp³-hybridized carbons (Fsp3) is 0.533. The van der Waals surface area contributed by atoms with Gasteiger partial charge in [-0.2, -0.15) is 0 Å². The molecule has 1 atom stereocenters. The summed E-state index contributed by atoms with van der Waals surface area (Å²) in [6.07, 6.45) is -0.335. The second-order valence-corrected chi connectivity index (χ2v) is 8.05. The Kier molecular flexibility index (Phi) is 5.47. The smallest absolute Gasteiger partial charge is 0.337 e. The molecule has 111 valence electrons. The van der Waals surface area contributed by atoms with Crippen LogP contribution in [0.4, 0.5) is 4.39 Å². The maximum Gasteiger partial charge on any atom is 0.337 e. The van der Waals surface area contributed by atoms with Crippen molar-refractivity contribution in [1.29, 1.82) is 0 Å². The molecule has 1 unspecified atom stereocenters. The lowest BCUT2D eigenvalue weighted by Gasteiger charge is -2.33. The zero-order valence-electron chi connectivity index (χ0n) is 12.9. The fourth-order valence-electron chi connectivity index (χ4n) is 1.93. The SMILES string of the molecule is COC(=O)c1ccc(C(O[Si](C)C)C(C)(C)C)c(F)c1. The quantitative estimate of drug-likeness (QED) is 0.623. The summed E-state index contributed by atoms with van der Waals surface area (Å²) in [5, 5.41) is 0. The first-order valence-corrected chi connectivity index (χ1v) is 8.92. The predicted octanol–water partition coefficient (Wildman–Crippen LogP) is 3.97. The average Bonchev–Trinajstić information content (AvgIpc) is 2.34. The lowest BCUT2D eigenvalue weighted by Crippen LogP contribution is -2.26. The van der Waals surface area contributed by atoms with E-state index in [1.165, 1.54) is 13.2 Å². The zero-order valence-corrected chi connectivity index (χ0v) is 13.9. The van der Waals surface area contributed by atoms with Gasteiger partial charge in [0.15, 0.2) is 0 Å². The van der Waals surface area contributed by atoms with Crippen molar-refractivity contribution in [3.63, 3.8) is 0 Å². The molecule has 0 saturated heterocycles. The first-order chi connectivity index (χ1) is 9.16. The summed E-state index contributed by atoms with van der Waals surface area (Å²) in [5.41, 5.74) is 0.464. The van der Waals surface area contributed by atoms with Gasteiger partial charge in [0.05, 0.1) is 18.8 Å². The van der Waals surface area contributed by atoms with Crippen LogP contribution < -0.4 is 0 Å². The van der Waals surface area contributed by atoms with Gasteiger partial charge in [-0.3, -0.25) is 0 Å². The van der Waals surface area contributed by atoms with Crippen molar-refractivity contribution in [3.05, 3.63) is 35.1 Å². The monoisotopic (exact) mass is 297 g/mol. The minimum absolute atomic E-state index is 0.208. The van der Waals surface area contributed by atoms with E-state index in [4.69, 9.17) is 4.43 Å². The maximum atomic E-state index is 14.3. The number of rotatable bonds is 4. The van der Waals surface area contributed by atoms with Crippen molar-refractivity contribution < 1.29 is 18.3 Å². The number of carbonyl (C=O) groups excluding carboxylic acids is 1. The third kappa shape index (κ3) is 4.15. The van der Waals surface area contributed by atoms with E-state index in [1.807, 2.05) is 33.9 Å². The third-order valence-corrected chi connectivity index (χ3v) is 3.55. The number of benzene rings is 1. The molecule has 0 heterocycles. The first kappa shape index (κ1) is 16.9. The van der Waals surface area contributed by atoms with Crippen molar-refractivity contribution in [2.24, 2.45) is 5.41 Å². The standard InChI is InChI=1S/C15H22FO3Si/c1-15(2,3)13(19-20(5)6)11-8-7-10(9-12(11)16)14(17)18-4/h7-9,13H,1-6H3. The molecule has 1 aromatic carbocycles. The number of esters is 1. The van der Waals surface area contributed by atoms with E-state index in [-0.39, 0.29) is 17.1 Å². The highest BCUT2D eigenvalue weighted by Crippen LogP contribution is 2.37. The molecule has 0 fully saturated rings. The lowest BCUT2D eigenvalue weighted by atomic mass is 9.84. The number of halogens is 1. The molecular weight excluding hydrogens is 275 g/mol. The summed E-state index contributed by atoms with van der Waals surface area (Å²) in [7, 11) is 0.308. The van der Waals surface area contributed by atoms with E-state index in [2.05, 4.69) is 4.74 Å². The van der Waals surface area contributed by atoms with Crippen molar-refractivity contribution in [1.82, 2.24) is 0 Å². The number of ether oxygens (including phenoxy) is 1. The molecule has 5 heteroatoms. The summed E-state index contributed by atoms with van der Waals surface area (Å²) >= 11 is 0. The summed E-state index contributed by atoms with van der Waals surface area (Å²) in [5.74, 6) is -0.976. The van der Waals surface area contributed by atoms with Crippen LogP contribution in [0.3, 0.4) is 0 Å². The highest BCUT2D eigenvalue weighted by atomic mass is 28.3. The Morgan fingerprint density at radius 1 is 1.30 bits per heavy atom. The van der Waals surface area contributed by atoms with Crippen LogP contribution in [-0.2, 0) is 9.16 Å². The topological polar surface area (TPSA) is 35.5 Å². The number of hydrogen-bond donors (Lipinski definition) is 0. The Bertz CT molecular complexity index is 480. The molecule has 0 aliphatic rings. The Hall–Kier alpha value is -1.20. The molecule has 0 N–H and O–H groups in total. The summed E-state index contributed by atoms with van der Waals surface area (Å²) in [4.78, 5) is 11.4. The Morgan fingerprint density at radius 3 is 2.30 bits per heavy atom. The molecule has 1 rings (SSSR count). The number of carbonyl (C=O) groups is 1.